The molecule has 4 rings (SSSR count). The molecule has 0 saturated carbocycles. The molecule has 3 aromatic rings. The Morgan fingerprint density at radius 3 is 2.56 bits per heavy atom. The molecule has 0 spiro atoms. The highest BCUT2D eigenvalue weighted by Gasteiger charge is 2.12. The molecule has 2 amide bonds. The quantitative estimate of drug-likeness (QED) is 0.449. The van der Waals surface area contributed by atoms with Gasteiger partial charge in [0.05, 0.1) is 13.2 Å². The summed E-state index contributed by atoms with van der Waals surface area (Å²) in [5.74, 6) is 0.437. The Balaban J connectivity index is 1.25. The second-order valence-electron chi connectivity index (χ2n) is 8.94. The number of hydrogen-bond donors (Lipinski definition) is 2. The van der Waals surface area contributed by atoms with E-state index in [9.17, 15) is 9.59 Å². The average Bonchev–Trinajstić information content (AvgIpc) is 2.90. The maximum atomic E-state index is 12.7. The highest BCUT2D eigenvalue weighted by molar-refractivity contribution is 5.94. The molecule has 3 aromatic carbocycles. The van der Waals surface area contributed by atoms with Gasteiger partial charge in [-0.1, -0.05) is 48.0 Å². The lowest BCUT2D eigenvalue weighted by atomic mass is 10.1. The van der Waals surface area contributed by atoms with Gasteiger partial charge in [0.25, 0.3) is 5.91 Å². The van der Waals surface area contributed by atoms with Crippen molar-refractivity contribution < 1.29 is 19.1 Å². The summed E-state index contributed by atoms with van der Waals surface area (Å²) in [7, 11) is 0. The molecule has 1 aliphatic rings. The third-order valence-corrected chi connectivity index (χ3v) is 6.01. The van der Waals surface area contributed by atoms with Crippen molar-refractivity contribution >= 4 is 17.5 Å². The molecule has 0 aromatic heterocycles. The molecule has 2 N–H and O–H groups in total. The van der Waals surface area contributed by atoms with E-state index in [4.69, 9.17) is 9.47 Å². The zero-order chi connectivity index (χ0) is 25.2. The van der Waals surface area contributed by atoms with Crippen LogP contribution < -0.4 is 15.4 Å². The highest BCUT2D eigenvalue weighted by Crippen LogP contribution is 2.17. The Labute approximate surface area is 212 Å². The highest BCUT2D eigenvalue weighted by atomic mass is 16.5. The topological polar surface area (TPSA) is 79.9 Å². The van der Waals surface area contributed by atoms with Crippen molar-refractivity contribution in [2.75, 3.05) is 38.2 Å². The number of aryl methyl sites for hydroxylation is 1. The minimum Gasteiger partial charge on any atom is -0.489 e. The number of amides is 2. The second-order valence-corrected chi connectivity index (χ2v) is 8.94. The number of nitrogens with one attached hydrogen (secondary N) is 2. The van der Waals surface area contributed by atoms with Gasteiger partial charge in [-0.25, -0.2) is 0 Å². The molecule has 7 nitrogen and oxygen atoms in total. The number of carbonyl (C=O) groups is 2. The van der Waals surface area contributed by atoms with Crippen LogP contribution in [0.5, 0.6) is 5.75 Å². The van der Waals surface area contributed by atoms with E-state index in [1.165, 1.54) is 5.56 Å². The predicted octanol–water partition coefficient (Wildman–Crippen LogP) is 4.16. The monoisotopic (exact) mass is 487 g/mol. The first kappa shape index (κ1) is 25.4. The van der Waals surface area contributed by atoms with Gasteiger partial charge >= 0.3 is 0 Å². The van der Waals surface area contributed by atoms with Gasteiger partial charge in [-0.05, 0) is 48.4 Å². The lowest BCUT2D eigenvalue weighted by Gasteiger charge is -2.26. The van der Waals surface area contributed by atoms with E-state index in [1.807, 2.05) is 61.5 Å². The Kier molecular flexibility index (Phi) is 9.08. The van der Waals surface area contributed by atoms with E-state index in [2.05, 4.69) is 21.6 Å². The van der Waals surface area contributed by atoms with Crippen molar-refractivity contribution in [3.8, 4) is 5.75 Å². The molecule has 7 heteroatoms. The molecular formula is C29H33N3O4. The van der Waals surface area contributed by atoms with Crippen LogP contribution in [0.15, 0.2) is 72.8 Å². The van der Waals surface area contributed by atoms with Crippen LogP contribution in [-0.4, -0.2) is 49.6 Å². The Morgan fingerprint density at radius 1 is 0.944 bits per heavy atom. The van der Waals surface area contributed by atoms with Crippen molar-refractivity contribution in [1.82, 2.24) is 10.2 Å². The van der Waals surface area contributed by atoms with E-state index >= 15 is 0 Å². The molecular weight excluding hydrogens is 454 g/mol. The van der Waals surface area contributed by atoms with E-state index in [0.29, 0.717) is 30.9 Å². The first-order valence-corrected chi connectivity index (χ1v) is 12.3. The summed E-state index contributed by atoms with van der Waals surface area (Å²) in [5.41, 5.74) is 4.42. The summed E-state index contributed by atoms with van der Waals surface area (Å²) in [4.78, 5) is 27.3. The van der Waals surface area contributed by atoms with Crippen LogP contribution in [0.1, 0.15) is 33.5 Å². The fourth-order valence-electron chi connectivity index (χ4n) is 4.05. The summed E-state index contributed by atoms with van der Waals surface area (Å²) in [5, 5.41) is 5.90. The Hall–Kier alpha value is -3.68. The molecule has 0 unspecified atom stereocenters. The SMILES string of the molecule is Cc1cccc(COc2cccc(C(=O)NCc3cccc(NC(=O)CCN4CCOCC4)c3)c2)c1. The molecule has 0 radical (unpaired) electrons. The summed E-state index contributed by atoms with van der Waals surface area (Å²) in [6.45, 7) is 6.74. The summed E-state index contributed by atoms with van der Waals surface area (Å²) >= 11 is 0. The van der Waals surface area contributed by atoms with E-state index < -0.39 is 0 Å². The van der Waals surface area contributed by atoms with Crippen LogP contribution in [0.25, 0.3) is 0 Å². The van der Waals surface area contributed by atoms with Gasteiger partial charge in [0, 0.05) is 43.9 Å². The molecule has 0 atom stereocenters. The van der Waals surface area contributed by atoms with Gasteiger partial charge in [0.15, 0.2) is 0 Å². The predicted molar refractivity (Wildman–Crippen MR) is 140 cm³/mol. The van der Waals surface area contributed by atoms with Gasteiger partial charge < -0.3 is 20.1 Å². The van der Waals surface area contributed by atoms with E-state index in [0.717, 1.165) is 49.7 Å². The molecule has 0 bridgehead atoms. The average molecular weight is 488 g/mol. The molecule has 188 valence electrons. The van der Waals surface area contributed by atoms with Crippen LogP contribution in [-0.2, 0) is 22.7 Å². The van der Waals surface area contributed by atoms with Crippen LogP contribution in [0, 0.1) is 6.92 Å². The first-order valence-electron chi connectivity index (χ1n) is 12.3. The normalized spacial score (nSPS) is 13.7. The van der Waals surface area contributed by atoms with Crippen LogP contribution in [0.3, 0.4) is 0 Å². The fourth-order valence-corrected chi connectivity index (χ4v) is 4.05. The maximum Gasteiger partial charge on any atom is 0.251 e. The van der Waals surface area contributed by atoms with Crippen molar-refractivity contribution in [2.45, 2.75) is 26.5 Å². The number of carbonyl (C=O) groups excluding carboxylic acids is 2. The number of nitrogens with zero attached hydrogens (tertiary/aromatic N) is 1. The minimum absolute atomic E-state index is 0.0230. The number of rotatable bonds is 10. The number of morpholine rings is 1. The van der Waals surface area contributed by atoms with Crippen LogP contribution in [0.4, 0.5) is 5.69 Å². The zero-order valence-corrected chi connectivity index (χ0v) is 20.7. The van der Waals surface area contributed by atoms with Crippen LogP contribution in [0.2, 0.25) is 0 Å². The maximum absolute atomic E-state index is 12.7. The molecule has 36 heavy (non-hydrogen) atoms. The van der Waals surface area contributed by atoms with Crippen molar-refractivity contribution in [3.63, 3.8) is 0 Å². The summed E-state index contributed by atoms with van der Waals surface area (Å²) in [6, 6.07) is 22.9. The standard InChI is InChI=1S/C29H33N3O4/c1-22-5-2-7-24(17-22)21-36-27-10-4-8-25(19-27)29(34)30-20-23-6-3-9-26(18-23)31-28(33)11-12-32-13-15-35-16-14-32/h2-10,17-19H,11-16,20-21H2,1H3,(H,30,34)(H,31,33). The number of ether oxygens (including phenoxy) is 2. The van der Waals surface area contributed by atoms with Crippen molar-refractivity contribution in [1.29, 1.82) is 0 Å². The first-order chi connectivity index (χ1) is 17.5. The molecule has 0 aliphatic carbocycles. The Morgan fingerprint density at radius 2 is 1.72 bits per heavy atom. The van der Waals surface area contributed by atoms with Gasteiger partial charge in [0.1, 0.15) is 12.4 Å². The second kappa shape index (κ2) is 12.9. The molecule has 1 heterocycles. The molecule has 1 fully saturated rings. The number of anilines is 1. The number of hydrogen-bond acceptors (Lipinski definition) is 5. The smallest absolute Gasteiger partial charge is 0.251 e. The lowest BCUT2D eigenvalue weighted by Crippen LogP contribution is -2.38. The van der Waals surface area contributed by atoms with Gasteiger partial charge in [0.2, 0.25) is 5.91 Å². The summed E-state index contributed by atoms with van der Waals surface area (Å²) < 4.78 is 11.2. The lowest BCUT2D eigenvalue weighted by molar-refractivity contribution is -0.116. The minimum atomic E-state index is -0.184. The van der Waals surface area contributed by atoms with Gasteiger partial charge in [-0.2, -0.15) is 0 Å². The third-order valence-electron chi connectivity index (χ3n) is 6.01. The molecule has 1 aliphatic heterocycles. The fraction of sp³-hybridized carbons (Fsp3) is 0.310. The third kappa shape index (κ3) is 7.93. The molecule has 1 saturated heterocycles. The zero-order valence-electron chi connectivity index (χ0n) is 20.7. The Bertz CT molecular complexity index is 1170. The van der Waals surface area contributed by atoms with Crippen molar-refractivity contribution in [2.24, 2.45) is 0 Å². The van der Waals surface area contributed by atoms with E-state index in [1.54, 1.807) is 12.1 Å². The van der Waals surface area contributed by atoms with Gasteiger partial charge in [-0.15, -0.1) is 0 Å². The number of benzene rings is 3. The van der Waals surface area contributed by atoms with Gasteiger partial charge in [-0.3, -0.25) is 14.5 Å². The largest absolute Gasteiger partial charge is 0.489 e. The van der Waals surface area contributed by atoms with Crippen LogP contribution >= 0.6 is 0 Å². The van der Waals surface area contributed by atoms with Crippen molar-refractivity contribution in [3.05, 3.63) is 95.1 Å². The summed E-state index contributed by atoms with van der Waals surface area (Å²) in [6.07, 6.45) is 0.434. The van der Waals surface area contributed by atoms with E-state index in [-0.39, 0.29) is 11.8 Å².